The summed E-state index contributed by atoms with van der Waals surface area (Å²) in [6, 6.07) is 8.38. The van der Waals surface area contributed by atoms with E-state index in [0.717, 1.165) is 29.3 Å². The zero-order valence-corrected chi connectivity index (χ0v) is 11.7. The average Bonchev–Trinajstić information content (AvgIpc) is 2.84. The van der Waals surface area contributed by atoms with Gasteiger partial charge in [-0.2, -0.15) is 11.3 Å². The van der Waals surface area contributed by atoms with Gasteiger partial charge in [0.25, 0.3) is 0 Å². The SMILES string of the molecule is OC1(c2ccsc2)CCc2cc(Br)ccc2C1. The van der Waals surface area contributed by atoms with Crippen molar-refractivity contribution in [2.24, 2.45) is 0 Å². The molecule has 0 radical (unpaired) electrons. The van der Waals surface area contributed by atoms with Crippen LogP contribution in [0.3, 0.4) is 0 Å². The molecular formula is C14H13BrOS. The number of thiophene rings is 1. The van der Waals surface area contributed by atoms with E-state index in [4.69, 9.17) is 0 Å². The number of fused-ring (bicyclic) bond motifs is 1. The van der Waals surface area contributed by atoms with Crippen molar-refractivity contribution in [3.8, 4) is 0 Å². The van der Waals surface area contributed by atoms with Gasteiger partial charge >= 0.3 is 0 Å². The molecule has 2 aromatic rings. The molecule has 3 rings (SSSR count). The zero-order chi connectivity index (χ0) is 11.9. The molecule has 1 aromatic carbocycles. The highest BCUT2D eigenvalue weighted by Crippen LogP contribution is 2.37. The number of rotatable bonds is 1. The molecular weight excluding hydrogens is 296 g/mol. The Balaban J connectivity index is 1.97. The molecule has 0 bridgehead atoms. The van der Waals surface area contributed by atoms with Crippen molar-refractivity contribution in [3.63, 3.8) is 0 Å². The molecule has 88 valence electrons. The number of halogens is 1. The van der Waals surface area contributed by atoms with Crippen LogP contribution in [-0.2, 0) is 18.4 Å². The largest absolute Gasteiger partial charge is 0.385 e. The van der Waals surface area contributed by atoms with Crippen molar-refractivity contribution in [3.05, 3.63) is 56.2 Å². The maximum absolute atomic E-state index is 10.7. The molecule has 1 nitrogen and oxygen atoms in total. The average molecular weight is 309 g/mol. The first-order chi connectivity index (χ1) is 8.17. The Labute approximate surface area is 113 Å². The van der Waals surface area contributed by atoms with Gasteiger partial charge < -0.3 is 5.11 Å². The summed E-state index contributed by atoms with van der Waals surface area (Å²) in [5, 5.41) is 14.8. The van der Waals surface area contributed by atoms with Crippen LogP contribution in [-0.4, -0.2) is 5.11 Å². The Hall–Kier alpha value is -0.640. The van der Waals surface area contributed by atoms with Gasteiger partial charge in [0.05, 0.1) is 5.60 Å². The molecule has 1 aliphatic carbocycles. The van der Waals surface area contributed by atoms with Crippen LogP contribution in [0.5, 0.6) is 0 Å². The first kappa shape index (κ1) is 11.5. The fourth-order valence-corrected chi connectivity index (χ4v) is 3.68. The van der Waals surface area contributed by atoms with Crippen molar-refractivity contribution in [2.75, 3.05) is 0 Å². The molecule has 0 fully saturated rings. The van der Waals surface area contributed by atoms with Crippen LogP contribution in [0.25, 0.3) is 0 Å². The van der Waals surface area contributed by atoms with Crippen LogP contribution >= 0.6 is 27.3 Å². The summed E-state index contributed by atoms with van der Waals surface area (Å²) in [4.78, 5) is 0. The van der Waals surface area contributed by atoms with Gasteiger partial charge in [-0.15, -0.1) is 0 Å². The number of hydrogen-bond donors (Lipinski definition) is 1. The molecule has 1 unspecified atom stereocenters. The van der Waals surface area contributed by atoms with E-state index >= 15 is 0 Å². The minimum atomic E-state index is -0.666. The summed E-state index contributed by atoms with van der Waals surface area (Å²) in [7, 11) is 0. The van der Waals surface area contributed by atoms with Crippen molar-refractivity contribution < 1.29 is 5.11 Å². The van der Waals surface area contributed by atoms with E-state index in [1.807, 2.05) is 11.4 Å². The van der Waals surface area contributed by atoms with Crippen molar-refractivity contribution in [1.29, 1.82) is 0 Å². The summed E-state index contributed by atoms with van der Waals surface area (Å²) in [5.74, 6) is 0. The standard InChI is InChI=1S/C14H13BrOS/c15-13-2-1-11-8-14(16,5-3-10(11)7-13)12-4-6-17-9-12/h1-2,4,6-7,9,16H,3,5,8H2. The van der Waals surface area contributed by atoms with E-state index < -0.39 is 5.60 Å². The van der Waals surface area contributed by atoms with Crippen LogP contribution in [0, 0.1) is 0 Å². The lowest BCUT2D eigenvalue weighted by Gasteiger charge is -2.33. The van der Waals surface area contributed by atoms with Gasteiger partial charge in [0.15, 0.2) is 0 Å². The third kappa shape index (κ3) is 2.07. The van der Waals surface area contributed by atoms with Gasteiger partial charge in [-0.05, 0) is 58.5 Å². The van der Waals surface area contributed by atoms with Crippen LogP contribution < -0.4 is 0 Å². The highest BCUT2D eigenvalue weighted by molar-refractivity contribution is 9.10. The quantitative estimate of drug-likeness (QED) is 0.847. The number of benzene rings is 1. The molecule has 0 amide bonds. The first-order valence-electron chi connectivity index (χ1n) is 5.70. The number of aryl methyl sites for hydroxylation is 1. The molecule has 17 heavy (non-hydrogen) atoms. The van der Waals surface area contributed by atoms with E-state index in [2.05, 4.69) is 39.5 Å². The van der Waals surface area contributed by atoms with Gasteiger partial charge in [-0.3, -0.25) is 0 Å². The lowest BCUT2D eigenvalue weighted by Crippen LogP contribution is -2.32. The molecule has 1 aromatic heterocycles. The Morgan fingerprint density at radius 2 is 2.12 bits per heavy atom. The van der Waals surface area contributed by atoms with Crippen molar-refractivity contribution >= 4 is 27.3 Å². The van der Waals surface area contributed by atoms with E-state index in [-0.39, 0.29) is 0 Å². The van der Waals surface area contributed by atoms with Crippen molar-refractivity contribution in [1.82, 2.24) is 0 Å². The molecule has 0 saturated heterocycles. The van der Waals surface area contributed by atoms with E-state index in [0.29, 0.717) is 0 Å². The second-order valence-electron chi connectivity index (χ2n) is 4.63. The van der Waals surface area contributed by atoms with Crippen LogP contribution in [0.2, 0.25) is 0 Å². The molecule has 0 spiro atoms. The zero-order valence-electron chi connectivity index (χ0n) is 9.32. The molecule has 0 saturated carbocycles. The van der Waals surface area contributed by atoms with E-state index in [9.17, 15) is 5.11 Å². The highest BCUT2D eigenvalue weighted by Gasteiger charge is 2.33. The second kappa shape index (κ2) is 4.23. The monoisotopic (exact) mass is 308 g/mol. The molecule has 1 heterocycles. The maximum Gasteiger partial charge on any atom is 0.0948 e. The van der Waals surface area contributed by atoms with Crippen LogP contribution in [0.15, 0.2) is 39.5 Å². The molecule has 1 aliphatic rings. The minimum absolute atomic E-state index is 0.666. The van der Waals surface area contributed by atoms with Gasteiger partial charge in [0, 0.05) is 10.9 Å². The van der Waals surface area contributed by atoms with Gasteiger partial charge in [0.1, 0.15) is 0 Å². The third-order valence-electron chi connectivity index (χ3n) is 3.52. The summed E-state index contributed by atoms with van der Waals surface area (Å²) in [6.07, 6.45) is 2.49. The predicted octanol–water partition coefficient (Wildman–Crippen LogP) is 3.89. The fraction of sp³-hybridized carbons (Fsp3) is 0.286. The van der Waals surface area contributed by atoms with Gasteiger partial charge in [0.2, 0.25) is 0 Å². The minimum Gasteiger partial charge on any atom is -0.385 e. The van der Waals surface area contributed by atoms with Crippen molar-refractivity contribution in [2.45, 2.75) is 24.9 Å². The van der Waals surface area contributed by atoms with Crippen LogP contribution in [0.1, 0.15) is 23.1 Å². The predicted molar refractivity (Wildman–Crippen MR) is 74.4 cm³/mol. The normalized spacial score (nSPS) is 23.4. The Kier molecular flexibility index (Phi) is 2.85. The summed E-state index contributed by atoms with van der Waals surface area (Å²) in [6.45, 7) is 0. The smallest absolute Gasteiger partial charge is 0.0948 e. The lowest BCUT2D eigenvalue weighted by atomic mass is 9.77. The number of hydrogen-bond acceptors (Lipinski definition) is 2. The molecule has 3 heteroatoms. The molecule has 1 N–H and O–H groups in total. The summed E-state index contributed by atoms with van der Waals surface area (Å²) >= 11 is 5.14. The van der Waals surface area contributed by atoms with Gasteiger partial charge in [-0.1, -0.05) is 22.0 Å². The fourth-order valence-electron chi connectivity index (χ4n) is 2.52. The maximum atomic E-state index is 10.7. The van der Waals surface area contributed by atoms with Crippen LogP contribution in [0.4, 0.5) is 0 Å². The Bertz CT molecular complexity index is 535. The molecule has 1 atom stereocenters. The second-order valence-corrected chi connectivity index (χ2v) is 6.33. The molecule has 0 aliphatic heterocycles. The Morgan fingerprint density at radius 3 is 2.88 bits per heavy atom. The third-order valence-corrected chi connectivity index (χ3v) is 4.69. The summed E-state index contributed by atoms with van der Waals surface area (Å²) in [5.41, 5.74) is 3.03. The topological polar surface area (TPSA) is 20.2 Å². The first-order valence-corrected chi connectivity index (χ1v) is 7.43. The highest BCUT2D eigenvalue weighted by atomic mass is 79.9. The summed E-state index contributed by atoms with van der Waals surface area (Å²) < 4.78 is 1.12. The number of aliphatic hydroxyl groups is 1. The Morgan fingerprint density at radius 1 is 1.24 bits per heavy atom. The van der Waals surface area contributed by atoms with E-state index in [1.54, 1.807) is 11.3 Å². The lowest BCUT2D eigenvalue weighted by molar-refractivity contribution is 0.0227. The van der Waals surface area contributed by atoms with E-state index in [1.165, 1.54) is 11.1 Å². The van der Waals surface area contributed by atoms with Gasteiger partial charge in [-0.25, -0.2) is 0 Å².